The molecular weight excluding hydrogens is 415 g/mol. The van der Waals surface area contributed by atoms with Gasteiger partial charge in [-0.3, -0.25) is 4.98 Å². The van der Waals surface area contributed by atoms with Gasteiger partial charge >= 0.3 is 0 Å². The van der Waals surface area contributed by atoms with E-state index in [0.29, 0.717) is 48.8 Å². The van der Waals surface area contributed by atoms with E-state index >= 15 is 0 Å². The van der Waals surface area contributed by atoms with E-state index in [4.69, 9.17) is 9.72 Å². The number of hydrogen-bond acceptors (Lipinski definition) is 8. The average Bonchev–Trinajstić information content (AvgIpc) is 2.83. The highest BCUT2D eigenvalue weighted by molar-refractivity contribution is 8.00. The SMILES string of the molecule is Fc1cc(-c2cc3nccnc3c(NCC3CNCCS3)n2)ccc1N1CCOCC1. The molecule has 2 aromatic heterocycles. The molecule has 2 aliphatic rings. The van der Waals surface area contributed by atoms with E-state index in [1.54, 1.807) is 18.5 Å². The van der Waals surface area contributed by atoms with Crippen LogP contribution in [0.25, 0.3) is 22.3 Å². The second-order valence-electron chi connectivity index (χ2n) is 7.62. The highest BCUT2D eigenvalue weighted by Gasteiger charge is 2.18. The van der Waals surface area contributed by atoms with E-state index in [2.05, 4.69) is 20.6 Å². The topological polar surface area (TPSA) is 75.2 Å². The zero-order chi connectivity index (χ0) is 21.0. The Labute approximate surface area is 184 Å². The summed E-state index contributed by atoms with van der Waals surface area (Å²) in [6, 6.07) is 7.17. The summed E-state index contributed by atoms with van der Waals surface area (Å²) < 4.78 is 20.3. The fourth-order valence-corrected chi connectivity index (χ4v) is 4.96. The molecule has 3 aromatic rings. The van der Waals surface area contributed by atoms with Gasteiger partial charge in [0.15, 0.2) is 5.82 Å². The molecule has 0 spiro atoms. The zero-order valence-corrected chi connectivity index (χ0v) is 18.0. The molecule has 0 bridgehead atoms. The van der Waals surface area contributed by atoms with Crippen LogP contribution < -0.4 is 15.5 Å². The van der Waals surface area contributed by atoms with Gasteiger partial charge in [0, 0.05) is 61.7 Å². The van der Waals surface area contributed by atoms with Crippen molar-refractivity contribution in [3.05, 3.63) is 42.5 Å². The van der Waals surface area contributed by atoms with Gasteiger partial charge in [0.25, 0.3) is 0 Å². The van der Waals surface area contributed by atoms with Gasteiger partial charge in [-0.2, -0.15) is 11.8 Å². The Hall–Kier alpha value is -2.49. The lowest BCUT2D eigenvalue weighted by Crippen LogP contribution is -2.36. The van der Waals surface area contributed by atoms with Crippen LogP contribution in [0.2, 0.25) is 0 Å². The summed E-state index contributed by atoms with van der Waals surface area (Å²) in [5.41, 5.74) is 3.47. The minimum Gasteiger partial charge on any atom is -0.378 e. The third-order valence-corrected chi connectivity index (χ3v) is 6.80. The highest BCUT2D eigenvalue weighted by atomic mass is 32.2. The van der Waals surface area contributed by atoms with Gasteiger partial charge in [0.1, 0.15) is 11.3 Å². The van der Waals surface area contributed by atoms with Gasteiger partial charge in [-0.1, -0.05) is 6.07 Å². The van der Waals surface area contributed by atoms with Crippen LogP contribution in [0.15, 0.2) is 36.7 Å². The second-order valence-corrected chi connectivity index (χ2v) is 9.03. The van der Waals surface area contributed by atoms with Crippen LogP contribution in [0.4, 0.5) is 15.9 Å². The molecule has 0 saturated carbocycles. The van der Waals surface area contributed by atoms with Crippen LogP contribution >= 0.6 is 11.8 Å². The van der Waals surface area contributed by atoms with Crippen molar-refractivity contribution in [3.63, 3.8) is 0 Å². The molecule has 9 heteroatoms. The van der Waals surface area contributed by atoms with Crippen molar-refractivity contribution >= 4 is 34.3 Å². The average molecular weight is 441 g/mol. The van der Waals surface area contributed by atoms with E-state index in [-0.39, 0.29) is 5.82 Å². The lowest BCUT2D eigenvalue weighted by molar-refractivity contribution is 0.122. The van der Waals surface area contributed by atoms with Gasteiger partial charge in [0.05, 0.1) is 30.1 Å². The van der Waals surface area contributed by atoms with Gasteiger partial charge in [-0.05, 0) is 18.2 Å². The molecule has 4 heterocycles. The molecule has 31 heavy (non-hydrogen) atoms. The van der Waals surface area contributed by atoms with E-state index in [0.717, 1.165) is 42.0 Å². The summed E-state index contributed by atoms with van der Waals surface area (Å²) in [5, 5.41) is 7.34. The lowest BCUT2D eigenvalue weighted by Gasteiger charge is -2.29. The monoisotopic (exact) mass is 440 g/mol. The van der Waals surface area contributed by atoms with Crippen molar-refractivity contribution in [2.45, 2.75) is 5.25 Å². The maximum absolute atomic E-state index is 15.0. The first-order valence-electron chi connectivity index (χ1n) is 10.6. The van der Waals surface area contributed by atoms with Crippen LogP contribution in [-0.4, -0.2) is 71.9 Å². The Balaban J connectivity index is 1.44. The maximum Gasteiger partial charge on any atom is 0.154 e. The van der Waals surface area contributed by atoms with Gasteiger partial charge < -0.3 is 20.3 Å². The molecule has 2 saturated heterocycles. The van der Waals surface area contributed by atoms with Gasteiger partial charge in [-0.15, -0.1) is 0 Å². The van der Waals surface area contributed by atoms with Gasteiger partial charge in [-0.25, -0.2) is 14.4 Å². The molecule has 0 amide bonds. The number of nitrogens with zero attached hydrogens (tertiary/aromatic N) is 4. The molecule has 2 fully saturated rings. The summed E-state index contributed by atoms with van der Waals surface area (Å²) in [6.45, 7) is 5.44. The van der Waals surface area contributed by atoms with E-state index in [9.17, 15) is 4.39 Å². The molecule has 0 aliphatic carbocycles. The Morgan fingerprint density at radius 1 is 1.19 bits per heavy atom. The standard InChI is InChI=1S/C22H25FN6OS/c23-17-11-15(1-2-20(17)29-6-8-30-9-7-29)18-12-19-21(26-4-3-25-19)22(28-18)27-14-16-13-24-5-10-31-16/h1-4,11-12,16,24H,5-10,13-14H2,(H,27,28). The first kappa shape index (κ1) is 20.4. The van der Waals surface area contributed by atoms with Crippen molar-refractivity contribution < 1.29 is 9.13 Å². The van der Waals surface area contributed by atoms with Crippen molar-refractivity contribution in [2.75, 3.05) is 61.9 Å². The predicted octanol–water partition coefficient (Wildman–Crippen LogP) is 2.78. The highest BCUT2D eigenvalue weighted by Crippen LogP contribution is 2.29. The third kappa shape index (κ3) is 4.58. The lowest BCUT2D eigenvalue weighted by atomic mass is 10.1. The number of fused-ring (bicyclic) bond motifs is 1. The fraction of sp³-hybridized carbons (Fsp3) is 0.409. The molecule has 162 valence electrons. The van der Waals surface area contributed by atoms with Crippen molar-refractivity contribution in [1.82, 2.24) is 20.3 Å². The van der Waals surface area contributed by atoms with Crippen LogP contribution in [-0.2, 0) is 4.74 Å². The normalized spacial score (nSPS) is 19.5. The first-order valence-corrected chi connectivity index (χ1v) is 11.6. The minimum absolute atomic E-state index is 0.250. The minimum atomic E-state index is -0.250. The van der Waals surface area contributed by atoms with Gasteiger partial charge in [0.2, 0.25) is 0 Å². The molecule has 2 N–H and O–H groups in total. The van der Waals surface area contributed by atoms with Crippen molar-refractivity contribution in [1.29, 1.82) is 0 Å². The Morgan fingerprint density at radius 3 is 2.87 bits per heavy atom. The molecule has 1 unspecified atom stereocenters. The Bertz CT molecular complexity index is 1060. The summed E-state index contributed by atoms with van der Waals surface area (Å²) in [6.07, 6.45) is 3.33. The summed E-state index contributed by atoms with van der Waals surface area (Å²) in [4.78, 5) is 15.7. The summed E-state index contributed by atoms with van der Waals surface area (Å²) >= 11 is 1.95. The van der Waals surface area contributed by atoms with E-state index < -0.39 is 0 Å². The smallest absolute Gasteiger partial charge is 0.154 e. The first-order chi connectivity index (χ1) is 15.3. The number of nitrogens with one attached hydrogen (secondary N) is 2. The number of benzene rings is 1. The molecule has 1 aromatic carbocycles. The molecule has 7 nitrogen and oxygen atoms in total. The number of ether oxygens (including phenoxy) is 1. The summed E-state index contributed by atoms with van der Waals surface area (Å²) in [7, 11) is 0. The number of pyridine rings is 1. The molecule has 1 atom stereocenters. The number of hydrogen-bond donors (Lipinski definition) is 2. The zero-order valence-electron chi connectivity index (χ0n) is 17.2. The Kier molecular flexibility index (Phi) is 6.15. The van der Waals surface area contributed by atoms with Crippen molar-refractivity contribution in [2.24, 2.45) is 0 Å². The molecule has 2 aliphatic heterocycles. The molecule has 0 radical (unpaired) electrons. The fourth-order valence-electron chi connectivity index (χ4n) is 3.93. The van der Waals surface area contributed by atoms with Crippen LogP contribution in [0.5, 0.6) is 0 Å². The number of morpholine rings is 1. The second kappa shape index (κ2) is 9.33. The maximum atomic E-state index is 15.0. The summed E-state index contributed by atoms with van der Waals surface area (Å²) in [5.74, 6) is 1.54. The number of aromatic nitrogens is 3. The van der Waals surface area contributed by atoms with Crippen LogP contribution in [0.1, 0.15) is 0 Å². The quantitative estimate of drug-likeness (QED) is 0.627. The predicted molar refractivity (Wildman–Crippen MR) is 123 cm³/mol. The Morgan fingerprint density at radius 2 is 2.06 bits per heavy atom. The van der Waals surface area contributed by atoms with E-state index in [1.165, 1.54) is 0 Å². The number of halogens is 1. The number of anilines is 2. The van der Waals surface area contributed by atoms with Crippen LogP contribution in [0, 0.1) is 5.82 Å². The number of rotatable bonds is 5. The van der Waals surface area contributed by atoms with Crippen molar-refractivity contribution in [3.8, 4) is 11.3 Å². The largest absolute Gasteiger partial charge is 0.378 e. The third-order valence-electron chi connectivity index (χ3n) is 5.55. The molecule has 5 rings (SSSR count). The molecular formula is C22H25FN6OS. The van der Waals surface area contributed by atoms with Crippen LogP contribution in [0.3, 0.4) is 0 Å². The van der Waals surface area contributed by atoms with E-state index in [1.807, 2.05) is 34.9 Å². The number of thioether (sulfide) groups is 1.